The number of nitrogens with zero attached hydrogens (tertiary/aromatic N) is 4. The molecular formula is C30H33N5O. The molecule has 184 valence electrons. The summed E-state index contributed by atoms with van der Waals surface area (Å²) in [6, 6.07) is 30.5. The molecule has 1 aliphatic rings. The first-order valence-corrected chi connectivity index (χ1v) is 12.7. The Kier molecular flexibility index (Phi) is 7.55. The second-order valence-electron chi connectivity index (χ2n) is 9.28. The fourth-order valence-corrected chi connectivity index (χ4v) is 4.82. The van der Waals surface area contributed by atoms with E-state index in [1.807, 2.05) is 72.3 Å². The van der Waals surface area contributed by atoms with Gasteiger partial charge in [-0.3, -0.25) is 14.6 Å². The molecule has 0 atom stereocenters. The minimum atomic E-state index is -0.0729. The van der Waals surface area contributed by atoms with Crippen LogP contribution in [0.1, 0.15) is 21.6 Å². The zero-order valence-corrected chi connectivity index (χ0v) is 20.8. The first kappa shape index (κ1) is 24.0. The van der Waals surface area contributed by atoms with Crippen LogP contribution >= 0.6 is 0 Å². The predicted molar refractivity (Wildman–Crippen MR) is 144 cm³/mol. The number of piperazine rings is 1. The number of nitrogens with one attached hydrogen (secondary N) is 1. The summed E-state index contributed by atoms with van der Waals surface area (Å²) in [5.41, 5.74) is 5.43. The second-order valence-corrected chi connectivity index (χ2v) is 9.28. The van der Waals surface area contributed by atoms with E-state index in [9.17, 15) is 4.79 Å². The van der Waals surface area contributed by atoms with Crippen LogP contribution in [0.3, 0.4) is 0 Å². The van der Waals surface area contributed by atoms with Gasteiger partial charge in [0.15, 0.2) is 0 Å². The fourth-order valence-electron chi connectivity index (χ4n) is 4.82. The minimum absolute atomic E-state index is 0.0729. The van der Waals surface area contributed by atoms with Crippen molar-refractivity contribution in [1.29, 1.82) is 0 Å². The van der Waals surface area contributed by atoms with Crippen LogP contribution in [0.25, 0.3) is 16.9 Å². The molecule has 0 saturated carbocycles. The number of benzene rings is 3. The molecule has 1 aliphatic heterocycles. The number of rotatable bonds is 8. The summed E-state index contributed by atoms with van der Waals surface area (Å²) in [5.74, 6) is -0.0729. The van der Waals surface area contributed by atoms with Gasteiger partial charge >= 0.3 is 0 Å². The SMILES string of the molecule is Cc1c(C(=O)NCCN2CCN(Cc3ccccc3)CC2)c(-c2ccccc2)nn1-c1ccccc1. The van der Waals surface area contributed by atoms with Crippen molar-refractivity contribution in [3.63, 3.8) is 0 Å². The molecule has 0 radical (unpaired) electrons. The summed E-state index contributed by atoms with van der Waals surface area (Å²) in [4.78, 5) is 18.3. The van der Waals surface area contributed by atoms with E-state index in [2.05, 4.69) is 45.4 Å². The molecule has 6 nitrogen and oxygen atoms in total. The molecule has 5 rings (SSSR count). The molecule has 1 saturated heterocycles. The van der Waals surface area contributed by atoms with E-state index in [1.54, 1.807) is 0 Å². The van der Waals surface area contributed by atoms with Gasteiger partial charge in [0.05, 0.1) is 16.9 Å². The Hall–Kier alpha value is -3.74. The number of amides is 1. The Labute approximate surface area is 213 Å². The van der Waals surface area contributed by atoms with Gasteiger partial charge < -0.3 is 5.32 Å². The molecule has 0 unspecified atom stereocenters. The van der Waals surface area contributed by atoms with E-state index in [0.29, 0.717) is 17.8 Å². The number of aromatic nitrogens is 2. The van der Waals surface area contributed by atoms with E-state index in [4.69, 9.17) is 5.10 Å². The highest BCUT2D eigenvalue weighted by Crippen LogP contribution is 2.27. The second kappa shape index (κ2) is 11.3. The van der Waals surface area contributed by atoms with Gasteiger partial charge in [0.1, 0.15) is 5.69 Å². The molecule has 2 heterocycles. The number of para-hydroxylation sites is 1. The number of carbonyl (C=O) groups is 1. The average molecular weight is 480 g/mol. The van der Waals surface area contributed by atoms with Crippen molar-refractivity contribution in [3.05, 3.63) is 108 Å². The average Bonchev–Trinajstić information content (AvgIpc) is 3.28. The summed E-state index contributed by atoms with van der Waals surface area (Å²) in [6.45, 7) is 8.55. The lowest BCUT2D eigenvalue weighted by atomic mass is 10.1. The quantitative estimate of drug-likeness (QED) is 0.407. The number of hydrogen-bond donors (Lipinski definition) is 1. The first-order valence-electron chi connectivity index (χ1n) is 12.7. The Bertz CT molecular complexity index is 1260. The van der Waals surface area contributed by atoms with Crippen molar-refractivity contribution >= 4 is 5.91 Å². The van der Waals surface area contributed by atoms with Gasteiger partial charge in [-0.25, -0.2) is 4.68 Å². The first-order chi connectivity index (χ1) is 17.7. The van der Waals surface area contributed by atoms with E-state index in [1.165, 1.54) is 5.56 Å². The third kappa shape index (κ3) is 5.56. The van der Waals surface area contributed by atoms with Gasteiger partial charge in [0, 0.05) is 51.4 Å². The summed E-state index contributed by atoms with van der Waals surface area (Å²) in [7, 11) is 0. The van der Waals surface area contributed by atoms with E-state index in [-0.39, 0.29) is 5.91 Å². The molecule has 1 aromatic heterocycles. The lowest BCUT2D eigenvalue weighted by Crippen LogP contribution is -2.48. The smallest absolute Gasteiger partial charge is 0.255 e. The topological polar surface area (TPSA) is 53.4 Å². The van der Waals surface area contributed by atoms with Gasteiger partial charge in [0.25, 0.3) is 5.91 Å². The molecule has 36 heavy (non-hydrogen) atoms. The van der Waals surface area contributed by atoms with Crippen molar-refractivity contribution < 1.29 is 4.79 Å². The van der Waals surface area contributed by atoms with Crippen LogP contribution in [0.5, 0.6) is 0 Å². The Morgan fingerprint density at radius 2 is 1.39 bits per heavy atom. The zero-order chi connectivity index (χ0) is 24.7. The standard InChI is InChI=1S/C30H33N5O/c1-24-28(29(26-13-7-3-8-14-26)32-35(24)27-15-9-4-10-16-27)30(36)31-17-18-33-19-21-34(22-20-33)23-25-11-5-2-6-12-25/h2-16H,17-23H2,1H3,(H,31,36). The van der Waals surface area contributed by atoms with Crippen LogP contribution in [0, 0.1) is 6.92 Å². The normalized spacial score (nSPS) is 14.6. The molecule has 0 aliphatic carbocycles. The van der Waals surface area contributed by atoms with Crippen LogP contribution in [-0.2, 0) is 6.54 Å². The highest BCUT2D eigenvalue weighted by Gasteiger charge is 2.23. The number of carbonyl (C=O) groups excluding carboxylic acids is 1. The van der Waals surface area contributed by atoms with Crippen LogP contribution < -0.4 is 5.32 Å². The van der Waals surface area contributed by atoms with E-state index < -0.39 is 0 Å². The molecule has 1 amide bonds. The van der Waals surface area contributed by atoms with Crippen LogP contribution in [0.4, 0.5) is 0 Å². The van der Waals surface area contributed by atoms with Crippen LogP contribution in [0.2, 0.25) is 0 Å². The van der Waals surface area contributed by atoms with Gasteiger partial charge in [0.2, 0.25) is 0 Å². The molecule has 3 aromatic carbocycles. The molecule has 1 N–H and O–H groups in total. The molecule has 1 fully saturated rings. The van der Waals surface area contributed by atoms with Crippen LogP contribution in [-0.4, -0.2) is 64.8 Å². The summed E-state index contributed by atoms with van der Waals surface area (Å²) in [6.07, 6.45) is 0. The fraction of sp³-hybridized carbons (Fsp3) is 0.267. The summed E-state index contributed by atoms with van der Waals surface area (Å²) < 4.78 is 1.86. The molecular weight excluding hydrogens is 446 g/mol. The maximum Gasteiger partial charge on any atom is 0.255 e. The van der Waals surface area contributed by atoms with Gasteiger partial charge in [-0.15, -0.1) is 0 Å². The lowest BCUT2D eigenvalue weighted by Gasteiger charge is -2.34. The Balaban J connectivity index is 1.22. The lowest BCUT2D eigenvalue weighted by molar-refractivity contribution is 0.0934. The summed E-state index contributed by atoms with van der Waals surface area (Å²) in [5, 5.41) is 8.02. The minimum Gasteiger partial charge on any atom is -0.351 e. The third-order valence-corrected chi connectivity index (χ3v) is 6.82. The summed E-state index contributed by atoms with van der Waals surface area (Å²) >= 11 is 0. The predicted octanol–water partition coefficient (Wildman–Crippen LogP) is 4.40. The Morgan fingerprint density at radius 3 is 2.06 bits per heavy atom. The molecule has 6 heteroatoms. The van der Waals surface area contributed by atoms with Gasteiger partial charge in [-0.05, 0) is 24.6 Å². The van der Waals surface area contributed by atoms with Crippen molar-refractivity contribution in [2.24, 2.45) is 0 Å². The van der Waals surface area contributed by atoms with Gasteiger partial charge in [-0.2, -0.15) is 5.10 Å². The van der Waals surface area contributed by atoms with Crippen molar-refractivity contribution in [1.82, 2.24) is 24.9 Å². The van der Waals surface area contributed by atoms with Crippen molar-refractivity contribution in [3.8, 4) is 16.9 Å². The Morgan fingerprint density at radius 1 is 0.806 bits per heavy atom. The number of hydrogen-bond acceptors (Lipinski definition) is 4. The van der Waals surface area contributed by atoms with Crippen molar-refractivity contribution in [2.45, 2.75) is 13.5 Å². The molecule has 0 bridgehead atoms. The van der Waals surface area contributed by atoms with Crippen molar-refractivity contribution in [2.75, 3.05) is 39.3 Å². The maximum atomic E-state index is 13.4. The highest BCUT2D eigenvalue weighted by atomic mass is 16.1. The third-order valence-electron chi connectivity index (χ3n) is 6.82. The maximum absolute atomic E-state index is 13.4. The highest BCUT2D eigenvalue weighted by molar-refractivity contribution is 6.01. The van der Waals surface area contributed by atoms with E-state index >= 15 is 0 Å². The van der Waals surface area contributed by atoms with Crippen LogP contribution in [0.15, 0.2) is 91.0 Å². The van der Waals surface area contributed by atoms with Gasteiger partial charge in [-0.1, -0.05) is 78.9 Å². The van der Waals surface area contributed by atoms with E-state index in [0.717, 1.165) is 56.2 Å². The molecule has 4 aromatic rings. The largest absolute Gasteiger partial charge is 0.351 e. The zero-order valence-electron chi connectivity index (χ0n) is 20.8. The monoisotopic (exact) mass is 479 g/mol. The molecule has 0 spiro atoms.